The molecule has 1 aromatic carbocycles. The third-order valence-corrected chi connectivity index (χ3v) is 2.89. The summed E-state index contributed by atoms with van der Waals surface area (Å²) in [4.78, 5) is 0. The number of rotatable bonds is 3. The molecule has 2 N–H and O–H groups in total. The monoisotopic (exact) mass is 251 g/mol. The first-order valence-corrected chi connectivity index (χ1v) is 5.61. The number of nitrogens with two attached hydrogens (primary N) is 1. The maximum absolute atomic E-state index is 6.16. The Hall–Kier alpha value is -1.68. The number of nitrogen functional groups attached to an aromatic ring is 1. The zero-order valence-electron chi connectivity index (χ0n) is 9.77. The Bertz CT molecular complexity index is 537. The van der Waals surface area contributed by atoms with Crippen LogP contribution in [-0.4, -0.2) is 16.9 Å². The number of aromatic nitrogens is 2. The van der Waals surface area contributed by atoms with Gasteiger partial charge in [-0.15, -0.1) is 0 Å². The van der Waals surface area contributed by atoms with E-state index in [9.17, 15) is 0 Å². The lowest BCUT2D eigenvalue weighted by molar-refractivity contribution is 0.407. The summed E-state index contributed by atoms with van der Waals surface area (Å²) in [5, 5.41) is 4.95. The van der Waals surface area contributed by atoms with E-state index in [0.717, 1.165) is 17.0 Å². The van der Waals surface area contributed by atoms with Crippen LogP contribution in [0.2, 0.25) is 5.02 Å². The van der Waals surface area contributed by atoms with E-state index in [4.69, 9.17) is 22.1 Å². The van der Waals surface area contributed by atoms with Gasteiger partial charge in [-0.05, 0) is 19.1 Å². The topological polar surface area (TPSA) is 53.1 Å². The SMILES string of the molecule is COc1cccc(Cl)c1Cn1nc(C)cc1N. The van der Waals surface area contributed by atoms with Gasteiger partial charge in [0.05, 0.1) is 19.3 Å². The number of anilines is 1. The van der Waals surface area contributed by atoms with Gasteiger partial charge in [-0.1, -0.05) is 17.7 Å². The molecule has 0 saturated heterocycles. The van der Waals surface area contributed by atoms with Crippen molar-refractivity contribution in [3.05, 3.63) is 40.5 Å². The summed E-state index contributed by atoms with van der Waals surface area (Å²) in [5.74, 6) is 1.36. The fourth-order valence-electron chi connectivity index (χ4n) is 1.73. The molecular formula is C12H14ClN3O. The van der Waals surface area contributed by atoms with Crippen LogP contribution in [0.3, 0.4) is 0 Å². The molecule has 5 heteroatoms. The third-order valence-electron chi connectivity index (χ3n) is 2.54. The van der Waals surface area contributed by atoms with Gasteiger partial charge in [0.25, 0.3) is 0 Å². The second-order valence-electron chi connectivity index (χ2n) is 3.79. The molecule has 0 aliphatic rings. The molecule has 1 heterocycles. The summed E-state index contributed by atoms with van der Waals surface area (Å²) in [6, 6.07) is 7.37. The van der Waals surface area contributed by atoms with E-state index >= 15 is 0 Å². The molecule has 0 aliphatic heterocycles. The van der Waals surface area contributed by atoms with Crippen LogP contribution in [0.5, 0.6) is 5.75 Å². The average Bonchev–Trinajstić information content (AvgIpc) is 2.60. The van der Waals surface area contributed by atoms with E-state index in [-0.39, 0.29) is 0 Å². The van der Waals surface area contributed by atoms with Crippen molar-refractivity contribution in [1.29, 1.82) is 0 Å². The highest BCUT2D eigenvalue weighted by atomic mass is 35.5. The molecule has 0 fully saturated rings. The molecule has 0 bridgehead atoms. The molecule has 0 radical (unpaired) electrons. The molecule has 17 heavy (non-hydrogen) atoms. The Morgan fingerprint density at radius 1 is 1.47 bits per heavy atom. The molecule has 4 nitrogen and oxygen atoms in total. The van der Waals surface area contributed by atoms with Crippen molar-refractivity contribution < 1.29 is 4.74 Å². The molecule has 2 rings (SSSR count). The van der Waals surface area contributed by atoms with Crippen LogP contribution < -0.4 is 10.5 Å². The van der Waals surface area contributed by atoms with E-state index in [1.807, 2.05) is 31.2 Å². The molecule has 2 aromatic rings. The Morgan fingerprint density at radius 3 is 2.82 bits per heavy atom. The Morgan fingerprint density at radius 2 is 2.24 bits per heavy atom. The lowest BCUT2D eigenvalue weighted by atomic mass is 10.2. The molecule has 1 aromatic heterocycles. The predicted octanol–water partition coefficient (Wildman–Crippen LogP) is 2.48. The lowest BCUT2D eigenvalue weighted by Crippen LogP contribution is -2.07. The molecular weight excluding hydrogens is 238 g/mol. The van der Waals surface area contributed by atoms with Crippen molar-refractivity contribution >= 4 is 17.4 Å². The van der Waals surface area contributed by atoms with Crippen molar-refractivity contribution in [3.8, 4) is 5.75 Å². The lowest BCUT2D eigenvalue weighted by Gasteiger charge is -2.11. The number of ether oxygens (including phenoxy) is 1. The largest absolute Gasteiger partial charge is 0.496 e. The van der Waals surface area contributed by atoms with Gasteiger partial charge in [-0.3, -0.25) is 0 Å². The standard InChI is InChI=1S/C12H14ClN3O/c1-8-6-12(14)16(15-8)7-9-10(13)4-3-5-11(9)17-2/h3-6H,7,14H2,1-2H3. The van der Waals surface area contributed by atoms with Gasteiger partial charge in [0.2, 0.25) is 0 Å². The van der Waals surface area contributed by atoms with Gasteiger partial charge in [0, 0.05) is 16.7 Å². The number of nitrogens with zero attached hydrogens (tertiary/aromatic N) is 2. The van der Waals surface area contributed by atoms with Gasteiger partial charge >= 0.3 is 0 Å². The van der Waals surface area contributed by atoms with Crippen molar-refractivity contribution in [3.63, 3.8) is 0 Å². The summed E-state index contributed by atoms with van der Waals surface area (Å²) in [6.07, 6.45) is 0. The van der Waals surface area contributed by atoms with Crippen LogP contribution >= 0.6 is 11.6 Å². The van der Waals surface area contributed by atoms with Crippen LogP contribution in [-0.2, 0) is 6.54 Å². The van der Waals surface area contributed by atoms with Crippen LogP contribution in [0, 0.1) is 6.92 Å². The predicted molar refractivity (Wildman–Crippen MR) is 68.5 cm³/mol. The second kappa shape index (κ2) is 4.67. The smallest absolute Gasteiger partial charge is 0.125 e. The summed E-state index contributed by atoms with van der Waals surface area (Å²) in [7, 11) is 1.62. The van der Waals surface area contributed by atoms with Crippen molar-refractivity contribution in [2.24, 2.45) is 0 Å². The number of methoxy groups -OCH3 is 1. The summed E-state index contributed by atoms with van der Waals surface area (Å²) in [5.41, 5.74) is 7.61. The van der Waals surface area contributed by atoms with Gasteiger partial charge < -0.3 is 10.5 Å². The average molecular weight is 252 g/mol. The molecule has 0 spiro atoms. The van der Waals surface area contributed by atoms with Crippen LogP contribution in [0.25, 0.3) is 0 Å². The summed E-state index contributed by atoms with van der Waals surface area (Å²) >= 11 is 6.16. The highest BCUT2D eigenvalue weighted by Crippen LogP contribution is 2.27. The zero-order chi connectivity index (χ0) is 12.4. The van der Waals surface area contributed by atoms with Crippen LogP contribution in [0.15, 0.2) is 24.3 Å². The Balaban J connectivity index is 2.39. The maximum Gasteiger partial charge on any atom is 0.125 e. The Kier molecular flexibility index (Phi) is 3.24. The van der Waals surface area contributed by atoms with Crippen molar-refractivity contribution in [2.75, 3.05) is 12.8 Å². The van der Waals surface area contributed by atoms with Crippen LogP contribution in [0.4, 0.5) is 5.82 Å². The minimum absolute atomic E-state index is 0.503. The number of benzene rings is 1. The van der Waals surface area contributed by atoms with E-state index < -0.39 is 0 Å². The number of aryl methyl sites for hydroxylation is 1. The fourth-order valence-corrected chi connectivity index (χ4v) is 1.95. The van der Waals surface area contributed by atoms with E-state index in [1.165, 1.54) is 0 Å². The third kappa shape index (κ3) is 2.36. The zero-order valence-corrected chi connectivity index (χ0v) is 10.5. The Labute approximate surface area is 105 Å². The molecule has 0 amide bonds. The highest BCUT2D eigenvalue weighted by molar-refractivity contribution is 6.31. The minimum atomic E-state index is 0.503. The second-order valence-corrected chi connectivity index (χ2v) is 4.20. The number of hydrogen-bond donors (Lipinski definition) is 1. The van der Waals surface area contributed by atoms with Crippen molar-refractivity contribution in [1.82, 2.24) is 9.78 Å². The van der Waals surface area contributed by atoms with E-state index in [0.29, 0.717) is 17.4 Å². The number of halogens is 1. The summed E-state index contributed by atoms with van der Waals surface area (Å²) < 4.78 is 6.99. The molecule has 90 valence electrons. The van der Waals surface area contributed by atoms with Gasteiger partial charge in [0.15, 0.2) is 0 Å². The molecule has 0 atom stereocenters. The summed E-state index contributed by atoms with van der Waals surface area (Å²) in [6.45, 7) is 2.40. The quantitative estimate of drug-likeness (QED) is 0.912. The van der Waals surface area contributed by atoms with Crippen molar-refractivity contribution in [2.45, 2.75) is 13.5 Å². The van der Waals surface area contributed by atoms with E-state index in [1.54, 1.807) is 11.8 Å². The van der Waals surface area contributed by atoms with Gasteiger partial charge in [-0.2, -0.15) is 5.10 Å². The van der Waals surface area contributed by atoms with Gasteiger partial charge in [0.1, 0.15) is 11.6 Å². The minimum Gasteiger partial charge on any atom is -0.496 e. The molecule has 0 aliphatic carbocycles. The first kappa shape index (κ1) is 11.8. The van der Waals surface area contributed by atoms with Gasteiger partial charge in [-0.25, -0.2) is 4.68 Å². The first-order valence-electron chi connectivity index (χ1n) is 5.23. The van der Waals surface area contributed by atoms with Crippen LogP contribution in [0.1, 0.15) is 11.3 Å². The maximum atomic E-state index is 6.16. The normalized spacial score (nSPS) is 10.5. The fraction of sp³-hybridized carbons (Fsp3) is 0.250. The molecule has 0 unspecified atom stereocenters. The number of hydrogen-bond acceptors (Lipinski definition) is 3. The first-order chi connectivity index (χ1) is 8.11. The highest BCUT2D eigenvalue weighted by Gasteiger charge is 2.10. The molecule has 0 saturated carbocycles. The van der Waals surface area contributed by atoms with E-state index in [2.05, 4.69) is 5.10 Å².